The van der Waals surface area contributed by atoms with E-state index in [9.17, 15) is 4.79 Å². The van der Waals surface area contributed by atoms with Gasteiger partial charge in [-0.15, -0.1) is 0 Å². The molecule has 0 amide bonds. The van der Waals surface area contributed by atoms with Gasteiger partial charge in [-0.2, -0.15) is 0 Å². The zero-order valence-electron chi connectivity index (χ0n) is 15.7. The standard InChI is InChI=1S/C22H27NO4/c1-25-19(24)16-23-21(17-10-4-2-5-11-17)22(18-12-6-3-7-13-18)27-20-14-8-9-15-26-20/h2-7,10-13,20-23H,8-9,14-16H2,1H3/t20?,21-,22+/m0/s1. The first-order valence-corrected chi connectivity index (χ1v) is 9.45. The number of esters is 1. The molecule has 144 valence electrons. The van der Waals surface area contributed by atoms with Crippen LogP contribution in [0.2, 0.25) is 0 Å². The van der Waals surface area contributed by atoms with Gasteiger partial charge in [0, 0.05) is 6.61 Å². The molecule has 0 saturated carbocycles. The predicted molar refractivity (Wildman–Crippen MR) is 103 cm³/mol. The van der Waals surface area contributed by atoms with Gasteiger partial charge in [-0.05, 0) is 30.4 Å². The van der Waals surface area contributed by atoms with Crippen molar-refractivity contribution in [3.8, 4) is 0 Å². The minimum absolute atomic E-state index is 0.105. The molecule has 1 aliphatic rings. The van der Waals surface area contributed by atoms with Crippen LogP contribution in [0.3, 0.4) is 0 Å². The smallest absolute Gasteiger partial charge is 0.319 e. The van der Waals surface area contributed by atoms with E-state index in [4.69, 9.17) is 14.2 Å². The van der Waals surface area contributed by atoms with Crippen LogP contribution in [0, 0.1) is 0 Å². The molecule has 1 heterocycles. The van der Waals surface area contributed by atoms with Crippen LogP contribution in [-0.2, 0) is 19.0 Å². The second kappa shape index (κ2) is 10.2. The number of rotatable bonds is 8. The predicted octanol–water partition coefficient (Wildman–Crippen LogP) is 3.77. The lowest BCUT2D eigenvalue weighted by atomic mass is 9.95. The molecule has 0 radical (unpaired) electrons. The highest BCUT2D eigenvalue weighted by Crippen LogP contribution is 2.34. The Hall–Kier alpha value is -2.21. The molecule has 5 heteroatoms. The highest BCUT2D eigenvalue weighted by molar-refractivity contribution is 5.71. The summed E-state index contributed by atoms with van der Waals surface area (Å²) in [5, 5.41) is 3.32. The van der Waals surface area contributed by atoms with Crippen LogP contribution in [0.1, 0.15) is 42.5 Å². The first-order valence-electron chi connectivity index (χ1n) is 9.45. The number of methoxy groups -OCH3 is 1. The number of hydrogen-bond donors (Lipinski definition) is 1. The van der Waals surface area contributed by atoms with Crippen LogP contribution >= 0.6 is 0 Å². The van der Waals surface area contributed by atoms with Gasteiger partial charge in [0.25, 0.3) is 0 Å². The third-order valence-corrected chi connectivity index (χ3v) is 4.72. The minimum Gasteiger partial charge on any atom is -0.468 e. The van der Waals surface area contributed by atoms with Gasteiger partial charge in [0.1, 0.15) is 6.10 Å². The van der Waals surface area contributed by atoms with Gasteiger partial charge in [0.15, 0.2) is 6.29 Å². The van der Waals surface area contributed by atoms with Crippen molar-refractivity contribution >= 4 is 5.97 Å². The van der Waals surface area contributed by atoms with E-state index < -0.39 is 0 Å². The Morgan fingerprint density at radius 3 is 2.33 bits per heavy atom. The molecule has 27 heavy (non-hydrogen) atoms. The average molecular weight is 369 g/mol. The summed E-state index contributed by atoms with van der Waals surface area (Å²) in [6.07, 6.45) is 2.51. The fraction of sp³-hybridized carbons (Fsp3) is 0.409. The second-order valence-corrected chi connectivity index (χ2v) is 6.61. The maximum Gasteiger partial charge on any atom is 0.319 e. The molecule has 3 atom stereocenters. The van der Waals surface area contributed by atoms with Gasteiger partial charge in [-0.25, -0.2) is 0 Å². The van der Waals surface area contributed by atoms with E-state index in [0.717, 1.165) is 37.0 Å². The summed E-state index contributed by atoms with van der Waals surface area (Å²) in [6, 6.07) is 19.9. The zero-order chi connectivity index (χ0) is 18.9. The maximum atomic E-state index is 11.7. The fourth-order valence-corrected chi connectivity index (χ4v) is 3.30. The Kier molecular flexibility index (Phi) is 7.39. The molecule has 1 aliphatic heterocycles. The fourth-order valence-electron chi connectivity index (χ4n) is 3.30. The molecular formula is C22H27NO4. The van der Waals surface area contributed by atoms with Crippen molar-refractivity contribution in [2.75, 3.05) is 20.3 Å². The van der Waals surface area contributed by atoms with Gasteiger partial charge < -0.3 is 14.2 Å². The quantitative estimate of drug-likeness (QED) is 0.718. The molecule has 1 fully saturated rings. The number of ether oxygens (including phenoxy) is 3. The third-order valence-electron chi connectivity index (χ3n) is 4.72. The Balaban J connectivity index is 1.89. The molecule has 2 aromatic rings. The first kappa shape index (κ1) is 19.5. The van der Waals surface area contributed by atoms with Crippen molar-refractivity contribution in [2.45, 2.75) is 37.7 Å². The van der Waals surface area contributed by atoms with Crippen molar-refractivity contribution in [3.63, 3.8) is 0 Å². The minimum atomic E-state index is -0.309. The summed E-state index contributed by atoms with van der Waals surface area (Å²) in [4.78, 5) is 11.7. The van der Waals surface area contributed by atoms with Gasteiger partial charge >= 0.3 is 5.97 Å². The Morgan fingerprint density at radius 1 is 1.07 bits per heavy atom. The van der Waals surface area contributed by atoms with Crippen molar-refractivity contribution in [1.29, 1.82) is 0 Å². The number of nitrogens with one attached hydrogen (secondary N) is 1. The van der Waals surface area contributed by atoms with Crippen LogP contribution in [0.4, 0.5) is 0 Å². The molecule has 2 aromatic carbocycles. The van der Waals surface area contributed by atoms with E-state index in [-0.39, 0.29) is 30.9 Å². The van der Waals surface area contributed by atoms with Gasteiger partial charge in [-0.1, -0.05) is 60.7 Å². The number of carbonyl (C=O) groups is 1. The van der Waals surface area contributed by atoms with Crippen molar-refractivity contribution in [2.24, 2.45) is 0 Å². The van der Waals surface area contributed by atoms with Crippen LogP contribution in [0.5, 0.6) is 0 Å². The topological polar surface area (TPSA) is 56.8 Å². The van der Waals surface area contributed by atoms with Gasteiger partial charge in [-0.3, -0.25) is 10.1 Å². The normalized spacial score (nSPS) is 19.2. The summed E-state index contributed by atoms with van der Waals surface area (Å²) in [5.74, 6) is -0.309. The number of hydrogen-bond acceptors (Lipinski definition) is 5. The van der Waals surface area contributed by atoms with Crippen LogP contribution in [0.25, 0.3) is 0 Å². The van der Waals surface area contributed by atoms with E-state index in [0.29, 0.717) is 0 Å². The van der Waals surface area contributed by atoms with Crippen LogP contribution in [-0.4, -0.2) is 32.5 Å². The van der Waals surface area contributed by atoms with E-state index in [1.165, 1.54) is 7.11 Å². The summed E-state index contributed by atoms with van der Waals surface area (Å²) in [7, 11) is 1.39. The lowest BCUT2D eigenvalue weighted by molar-refractivity contribution is -0.196. The van der Waals surface area contributed by atoms with Crippen LogP contribution in [0.15, 0.2) is 60.7 Å². The van der Waals surface area contributed by atoms with E-state index in [2.05, 4.69) is 5.32 Å². The van der Waals surface area contributed by atoms with E-state index >= 15 is 0 Å². The highest BCUT2D eigenvalue weighted by atomic mass is 16.7. The molecule has 0 bridgehead atoms. The van der Waals surface area contributed by atoms with E-state index in [1.54, 1.807) is 0 Å². The third kappa shape index (κ3) is 5.63. The summed E-state index contributed by atoms with van der Waals surface area (Å²) in [6.45, 7) is 0.825. The summed E-state index contributed by atoms with van der Waals surface area (Å²) >= 11 is 0. The molecular weight excluding hydrogens is 342 g/mol. The number of carbonyl (C=O) groups excluding carboxylic acids is 1. The van der Waals surface area contributed by atoms with Crippen molar-refractivity contribution in [3.05, 3.63) is 71.8 Å². The van der Waals surface area contributed by atoms with Crippen LogP contribution < -0.4 is 5.32 Å². The number of benzene rings is 2. The molecule has 0 aliphatic carbocycles. The summed E-state index contributed by atoms with van der Waals surface area (Å²) in [5.41, 5.74) is 2.09. The maximum absolute atomic E-state index is 11.7. The van der Waals surface area contributed by atoms with Gasteiger partial charge in [0.05, 0.1) is 19.7 Å². The lowest BCUT2D eigenvalue weighted by Crippen LogP contribution is -2.35. The highest BCUT2D eigenvalue weighted by Gasteiger charge is 2.30. The molecule has 1 N–H and O–H groups in total. The Labute approximate surface area is 160 Å². The molecule has 0 spiro atoms. The lowest BCUT2D eigenvalue weighted by Gasteiger charge is -2.33. The molecule has 0 aromatic heterocycles. The zero-order valence-corrected chi connectivity index (χ0v) is 15.7. The van der Waals surface area contributed by atoms with E-state index in [1.807, 2.05) is 60.7 Å². The monoisotopic (exact) mass is 369 g/mol. The Morgan fingerprint density at radius 2 is 1.74 bits per heavy atom. The van der Waals surface area contributed by atoms with Crippen molar-refractivity contribution in [1.82, 2.24) is 5.32 Å². The summed E-state index contributed by atoms with van der Waals surface area (Å²) < 4.78 is 17.0. The Bertz CT molecular complexity index is 686. The molecule has 1 saturated heterocycles. The SMILES string of the molecule is COC(=O)CN[C@@H](c1ccccc1)[C@H](OC1CCCCO1)c1ccccc1. The first-order chi connectivity index (χ1) is 13.3. The van der Waals surface area contributed by atoms with Gasteiger partial charge in [0.2, 0.25) is 0 Å². The largest absolute Gasteiger partial charge is 0.468 e. The second-order valence-electron chi connectivity index (χ2n) is 6.61. The molecule has 3 rings (SSSR count). The van der Waals surface area contributed by atoms with Crippen molar-refractivity contribution < 1.29 is 19.0 Å². The molecule has 5 nitrogen and oxygen atoms in total. The molecule has 1 unspecified atom stereocenters. The average Bonchev–Trinajstić information content (AvgIpc) is 2.75.